The van der Waals surface area contributed by atoms with Crippen molar-refractivity contribution in [3.8, 4) is 5.75 Å². The Bertz CT molecular complexity index is 506. The summed E-state index contributed by atoms with van der Waals surface area (Å²) in [5, 5.41) is 11.4. The maximum atomic E-state index is 13.1. The van der Waals surface area contributed by atoms with Gasteiger partial charge in [-0.1, -0.05) is 0 Å². The molecule has 4 N–H and O–H groups in total. The standard InChI is InChI=1S/C11H11FN2O4/c12-5-1-2-8-6(3-5)7(10(15)16)4-9(18-8)14-11(13)17/h1-3,7,9H,4H2,(H,15,16)(H3,13,14,17). The summed E-state index contributed by atoms with van der Waals surface area (Å²) in [6.45, 7) is 0. The average molecular weight is 254 g/mol. The van der Waals surface area contributed by atoms with Crippen LogP contribution < -0.4 is 15.8 Å². The van der Waals surface area contributed by atoms with Crippen LogP contribution >= 0.6 is 0 Å². The average Bonchev–Trinajstić information content (AvgIpc) is 2.27. The summed E-state index contributed by atoms with van der Waals surface area (Å²) < 4.78 is 18.4. The van der Waals surface area contributed by atoms with Gasteiger partial charge >= 0.3 is 12.0 Å². The van der Waals surface area contributed by atoms with Gasteiger partial charge in [-0.15, -0.1) is 0 Å². The fourth-order valence-electron chi connectivity index (χ4n) is 1.92. The topological polar surface area (TPSA) is 102 Å². The number of fused-ring (bicyclic) bond motifs is 1. The molecule has 0 aliphatic carbocycles. The lowest BCUT2D eigenvalue weighted by molar-refractivity contribution is -0.140. The third-order valence-electron chi connectivity index (χ3n) is 2.67. The summed E-state index contributed by atoms with van der Waals surface area (Å²) >= 11 is 0. The molecule has 1 aliphatic rings. The van der Waals surface area contributed by atoms with E-state index in [9.17, 15) is 14.0 Å². The minimum absolute atomic E-state index is 0.00523. The van der Waals surface area contributed by atoms with E-state index >= 15 is 0 Å². The van der Waals surface area contributed by atoms with E-state index in [2.05, 4.69) is 5.32 Å². The highest BCUT2D eigenvalue weighted by atomic mass is 19.1. The van der Waals surface area contributed by atoms with Gasteiger partial charge in [0, 0.05) is 12.0 Å². The third kappa shape index (κ3) is 2.34. The van der Waals surface area contributed by atoms with Crippen LogP contribution in [0, 0.1) is 5.82 Å². The van der Waals surface area contributed by atoms with E-state index in [0.29, 0.717) is 0 Å². The van der Waals surface area contributed by atoms with E-state index in [0.717, 1.165) is 12.1 Å². The lowest BCUT2D eigenvalue weighted by atomic mass is 9.92. The van der Waals surface area contributed by atoms with Crippen molar-refractivity contribution in [3.63, 3.8) is 0 Å². The Morgan fingerprint density at radius 1 is 1.50 bits per heavy atom. The predicted octanol–water partition coefficient (Wildman–Crippen LogP) is 0.771. The first-order valence-electron chi connectivity index (χ1n) is 5.22. The number of aliphatic carboxylic acids is 1. The maximum Gasteiger partial charge on any atom is 0.315 e. The number of benzene rings is 1. The number of nitrogens with two attached hydrogens (primary N) is 1. The molecule has 1 heterocycles. The highest BCUT2D eigenvalue weighted by Crippen LogP contribution is 2.36. The summed E-state index contributed by atoms with van der Waals surface area (Å²) in [4.78, 5) is 21.9. The van der Waals surface area contributed by atoms with E-state index in [1.165, 1.54) is 6.07 Å². The molecule has 7 heteroatoms. The first kappa shape index (κ1) is 12.2. The van der Waals surface area contributed by atoms with Crippen molar-refractivity contribution in [3.05, 3.63) is 29.6 Å². The number of carboxylic acids is 1. The van der Waals surface area contributed by atoms with Crippen LogP contribution in [0.3, 0.4) is 0 Å². The van der Waals surface area contributed by atoms with Gasteiger partial charge in [0.1, 0.15) is 11.6 Å². The number of carbonyl (C=O) groups is 2. The molecule has 0 spiro atoms. The molecule has 2 amide bonds. The quantitative estimate of drug-likeness (QED) is 0.725. The second-order valence-electron chi connectivity index (χ2n) is 3.92. The van der Waals surface area contributed by atoms with Crippen LogP contribution in [0.4, 0.5) is 9.18 Å². The molecular weight excluding hydrogens is 243 g/mol. The third-order valence-corrected chi connectivity index (χ3v) is 2.67. The first-order valence-corrected chi connectivity index (χ1v) is 5.22. The highest BCUT2D eigenvalue weighted by Gasteiger charge is 2.33. The van der Waals surface area contributed by atoms with Gasteiger partial charge in [0.2, 0.25) is 0 Å². The number of urea groups is 1. The normalized spacial score (nSPS) is 21.6. The molecule has 6 nitrogen and oxygen atoms in total. The van der Waals surface area contributed by atoms with Crippen LogP contribution in [-0.4, -0.2) is 23.3 Å². The van der Waals surface area contributed by atoms with Gasteiger partial charge in [-0.2, -0.15) is 0 Å². The monoisotopic (exact) mass is 254 g/mol. The zero-order valence-electron chi connectivity index (χ0n) is 9.22. The van der Waals surface area contributed by atoms with Crippen LogP contribution in [0.5, 0.6) is 5.75 Å². The number of hydrogen-bond donors (Lipinski definition) is 3. The summed E-state index contributed by atoms with van der Waals surface area (Å²) in [5.74, 6) is -2.36. The Kier molecular flexibility index (Phi) is 3.05. The fraction of sp³-hybridized carbons (Fsp3) is 0.273. The molecule has 1 aromatic rings. The molecule has 1 aliphatic heterocycles. The molecule has 0 aromatic heterocycles. The van der Waals surface area contributed by atoms with Gasteiger partial charge in [-0.05, 0) is 18.2 Å². The number of nitrogens with one attached hydrogen (secondary N) is 1. The van der Waals surface area contributed by atoms with Crippen molar-refractivity contribution in [2.45, 2.75) is 18.6 Å². The molecule has 2 unspecified atom stereocenters. The molecule has 1 aromatic carbocycles. The lowest BCUT2D eigenvalue weighted by Crippen LogP contribution is -2.45. The van der Waals surface area contributed by atoms with Crippen molar-refractivity contribution in [2.24, 2.45) is 5.73 Å². The van der Waals surface area contributed by atoms with Crippen LogP contribution in [-0.2, 0) is 4.79 Å². The van der Waals surface area contributed by atoms with Crippen LogP contribution in [0.2, 0.25) is 0 Å². The van der Waals surface area contributed by atoms with E-state index in [1.54, 1.807) is 0 Å². The molecule has 96 valence electrons. The summed E-state index contributed by atoms with van der Waals surface area (Å²) in [6, 6.07) is 2.80. The van der Waals surface area contributed by atoms with E-state index in [1.807, 2.05) is 0 Å². The molecule has 0 radical (unpaired) electrons. The van der Waals surface area contributed by atoms with Crippen molar-refractivity contribution in [1.29, 1.82) is 0 Å². The van der Waals surface area contributed by atoms with Gasteiger partial charge < -0.3 is 20.9 Å². The van der Waals surface area contributed by atoms with Crippen molar-refractivity contribution in [2.75, 3.05) is 0 Å². The Morgan fingerprint density at radius 2 is 2.22 bits per heavy atom. The molecule has 18 heavy (non-hydrogen) atoms. The fourth-order valence-corrected chi connectivity index (χ4v) is 1.92. The number of rotatable bonds is 2. The van der Waals surface area contributed by atoms with Crippen LogP contribution in [0.25, 0.3) is 0 Å². The first-order chi connectivity index (χ1) is 8.47. The molecular formula is C11H11FN2O4. The Labute approximate surface area is 102 Å². The zero-order valence-corrected chi connectivity index (χ0v) is 9.22. The molecule has 0 fully saturated rings. The van der Waals surface area contributed by atoms with Crippen LogP contribution in [0.15, 0.2) is 18.2 Å². The number of hydrogen-bond acceptors (Lipinski definition) is 3. The largest absolute Gasteiger partial charge is 0.481 e. The van der Waals surface area contributed by atoms with Crippen molar-refractivity contribution >= 4 is 12.0 Å². The highest BCUT2D eigenvalue weighted by molar-refractivity contribution is 5.78. The summed E-state index contributed by atoms with van der Waals surface area (Å²) in [6.07, 6.45) is -0.837. The Hall–Kier alpha value is -2.31. The van der Waals surface area contributed by atoms with E-state index in [4.69, 9.17) is 15.6 Å². The van der Waals surface area contributed by atoms with Gasteiger partial charge in [0.05, 0.1) is 5.92 Å². The Balaban J connectivity index is 2.34. The van der Waals surface area contributed by atoms with Gasteiger partial charge in [-0.25, -0.2) is 9.18 Å². The summed E-state index contributed by atoms with van der Waals surface area (Å²) in [7, 11) is 0. The molecule has 0 saturated carbocycles. The number of ether oxygens (including phenoxy) is 1. The SMILES string of the molecule is NC(=O)NC1CC(C(=O)O)c2cc(F)ccc2O1. The molecule has 0 saturated heterocycles. The zero-order chi connectivity index (χ0) is 13.3. The lowest BCUT2D eigenvalue weighted by Gasteiger charge is -2.30. The number of carboxylic acid groups (broad SMARTS) is 1. The predicted molar refractivity (Wildman–Crippen MR) is 58.5 cm³/mol. The summed E-state index contributed by atoms with van der Waals surface area (Å²) in [5.41, 5.74) is 5.21. The Morgan fingerprint density at radius 3 is 2.83 bits per heavy atom. The number of primary amides is 1. The van der Waals surface area contributed by atoms with Gasteiger partial charge in [0.15, 0.2) is 6.23 Å². The van der Waals surface area contributed by atoms with Gasteiger partial charge in [0.25, 0.3) is 0 Å². The van der Waals surface area contributed by atoms with Gasteiger partial charge in [-0.3, -0.25) is 4.79 Å². The molecule has 2 rings (SSSR count). The molecule has 0 bridgehead atoms. The minimum Gasteiger partial charge on any atom is -0.481 e. The number of carbonyl (C=O) groups excluding carboxylic acids is 1. The van der Waals surface area contributed by atoms with Crippen molar-refractivity contribution < 1.29 is 23.8 Å². The van der Waals surface area contributed by atoms with E-state index in [-0.39, 0.29) is 17.7 Å². The molecule has 2 atom stereocenters. The smallest absolute Gasteiger partial charge is 0.315 e. The number of halogens is 1. The number of amides is 2. The second-order valence-corrected chi connectivity index (χ2v) is 3.92. The van der Waals surface area contributed by atoms with E-state index < -0.39 is 30.0 Å². The van der Waals surface area contributed by atoms with Crippen LogP contribution in [0.1, 0.15) is 17.9 Å². The minimum atomic E-state index is -1.11. The second kappa shape index (κ2) is 4.52. The maximum absolute atomic E-state index is 13.1. The van der Waals surface area contributed by atoms with Crippen molar-refractivity contribution in [1.82, 2.24) is 5.32 Å².